The summed E-state index contributed by atoms with van der Waals surface area (Å²) in [7, 11) is 0. The number of aryl methyl sites for hydroxylation is 1. The summed E-state index contributed by atoms with van der Waals surface area (Å²) in [5, 5.41) is 0. The summed E-state index contributed by atoms with van der Waals surface area (Å²) >= 11 is 0. The molecule has 1 heterocycles. The molecule has 0 radical (unpaired) electrons. The zero-order valence-corrected chi connectivity index (χ0v) is 17.9. The van der Waals surface area contributed by atoms with Gasteiger partial charge in [-0.25, -0.2) is 27.9 Å². The Morgan fingerprint density at radius 3 is 2.09 bits per heavy atom. The Morgan fingerprint density at radius 1 is 0.875 bits per heavy atom. The number of benzene rings is 2. The summed E-state index contributed by atoms with van der Waals surface area (Å²) in [6.07, 6.45) is 12.0. The molecule has 0 spiro atoms. The first-order valence-electron chi connectivity index (χ1n) is 10.8. The topological polar surface area (TPSA) is 52.1 Å². The summed E-state index contributed by atoms with van der Waals surface area (Å²) in [5.41, 5.74) is 1.40. The maximum Gasteiger partial charge on any atom is 0.343 e. The second kappa shape index (κ2) is 11.4. The summed E-state index contributed by atoms with van der Waals surface area (Å²) < 4.78 is 44.7. The van der Waals surface area contributed by atoms with Crippen LogP contribution in [0.25, 0.3) is 11.4 Å². The molecule has 0 aliphatic rings. The van der Waals surface area contributed by atoms with Crippen LogP contribution in [0.3, 0.4) is 0 Å². The van der Waals surface area contributed by atoms with Gasteiger partial charge in [0.2, 0.25) is 0 Å². The molecule has 1 aromatic heterocycles. The van der Waals surface area contributed by atoms with E-state index in [4.69, 9.17) is 4.74 Å². The van der Waals surface area contributed by atoms with Crippen LogP contribution in [0.15, 0.2) is 48.8 Å². The molecular formula is C25H25F3N2O2. The third kappa shape index (κ3) is 6.39. The van der Waals surface area contributed by atoms with Gasteiger partial charge in [0, 0.05) is 18.0 Å². The summed E-state index contributed by atoms with van der Waals surface area (Å²) in [5.74, 6) is -4.83. The van der Waals surface area contributed by atoms with E-state index in [1.807, 2.05) is 12.4 Å². The van der Waals surface area contributed by atoms with Gasteiger partial charge in [0.1, 0.15) is 5.75 Å². The molecule has 32 heavy (non-hydrogen) atoms. The van der Waals surface area contributed by atoms with Gasteiger partial charge in [0.25, 0.3) is 0 Å². The van der Waals surface area contributed by atoms with Crippen LogP contribution >= 0.6 is 0 Å². The highest BCUT2D eigenvalue weighted by Crippen LogP contribution is 2.21. The Balaban J connectivity index is 1.55. The Morgan fingerprint density at radius 2 is 1.47 bits per heavy atom. The minimum atomic E-state index is -1.64. The molecule has 3 aromatic rings. The number of hydrogen-bond acceptors (Lipinski definition) is 4. The third-order valence-corrected chi connectivity index (χ3v) is 5.07. The van der Waals surface area contributed by atoms with E-state index in [1.54, 1.807) is 12.1 Å². The van der Waals surface area contributed by atoms with Crippen molar-refractivity contribution in [1.29, 1.82) is 0 Å². The molecule has 4 nitrogen and oxygen atoms in total. The lowest BCUT2D eigenvalue weighted by atomic mass is 10.1. The van der Waals surface area contributed by atoms with Gasteiger partial charge in [-0.2, -0.15) is 0 Å². The van der Waals surface area contributed by atoms with E-state index in [0.29, 0.717) is 18.0 Å². The third-order valence-electron chi connectivity index (χ3n) is 5.07. The van der Waals surface area contributed by atoms with Gasteiger partial charge in [-0.05, 0) is 54.8 Å². The predicted octanol–water partition coefficient (Wildman–Crippen LogP) is 6.68. The van der Waals surface area contributed by atoms with Crippen molar-refractivity contribution in [3.05, 3.63) is 77.4 Å². The van der Waals surface area contributed by atoms with Gasteiger partial charge in [-0.1, -0.05) is 39.0 Å². The van der Waals surface area contributed by atoms with Crippen molar-refractivity contribution in [2.75, 3.05) is 0 Å². The molecule has 0 aliphatic heterocycles. The lowest BCUT2D eigenvalue weighted by Gasteiger charge is -2.07. The Labute approximate surface area is 185 Å². The van der Waals surface area contributed by atoms with Crippen molar-refractivity contribution >= 4 is 5.97 Å². The van der Waals surface area contributed by atoms with Crippen LogP contribution in [-0.2, 0) is 6.42 Å². The van der Waals surface area contributed by atoms with Crippen molar-refractivity contribution in [2.45, 2.75) is 51.9 Å². The second-order valence-electron chi connectivity index (χ2n) is 7.60. The number of esters is 1. The number of aromatic nitrogens is 2. The van der Waals surface area contributed by atoms with Crippen molar-refractivity contribution in [3.63, 3.8) is 0 Å². The lowest BCUT2D eigenvalue weighted by molar-refractivity contribution is 0.0733. The number of halogens is 3. The molecule has 0 aliphatic carbocycles. The van der Waals surface area contributed by atoms with Crippen molar-refractivity contribution in [1.82, 2.24) is 9.97 Å². The minimum absolute atomic E-state index is 0.170. The number of rotatable bonds is 10. The van der Waals surface area contributed by atoms with Crippen LogP contribution in [0, 0.1) is 17.5 Å². The number of nitrogens with zero attached hydrogens (tertiary/aromatic N) is 2. The average Bonchev–Trinajstić information content (AvgIpc) is 2.80. The highest BCUT2D eigenvalue weighted by atomic mass is 19.2. The molecule has 0 saturated heterocycles. The quantitative estimate of drug-likeness (QED) is 0.152. The zero-order chi connectivity index (χ0) is 22.9. The number of carbonyl (C=O) groups is 1. The molecule has 2 aromatic carbocycles. The van der Waals surface area contributed by atoms with E-state index in [-0.39, 0.29) is 5.75 Å². The molecule has 0 fully saturated rings. The number of hydrogen-bond donors (Lipinski definition) is 0. The van der Waals surface area contributed by atoms with E-state index in [2.05, 4.69) is 16.9 Å². The first-order chi connectivity index (χ1) is 15.5. The van der Waals surface area contributed by atoms with Crippen LogP contribution in [0.5, 0.6) is 5.75 Å². The predicted molar refractivity (Wildman–Crippen MR) is 116 cm³/mol. The number of carbonyl (C=O) groups excluding carboxylic acids is 1. The SMILES string of the molecule is CCCCCCCCc1cnc(-c2ccc(OC(=O)c3cc(F)c(F)c(F)c3)cc2)nc1. The largest absolute Gasteiger partial charge is 0.423 e. The van der Waals surface area contributed by atoms with Gasteiger partial charge in [-0.15, -0.1) is 0 Å². The van der Waals surface area contributed by atoms with Gasteiger partial charge in [-0.3, -0.25) is 0 Å². The molecule has 0 N–H and O–H groups in total. The smallest absolute Gasteiger partial charge is 0.343 e. The van der Waals surface area contributed by atoms with Crippen LogP contribution in [0.1, 0.15) is 61.4 Å². The monoisotopic (exact) mass is 442 g/mol. The van der Waals surface area contributed by atoms with E-state index in [9.17, 15) is 18.0 Å². The van der Waals surface area contributed by atoms with E-state index < -0.39 is 29.0 Å². The van der Waals surface area contributed by atoms with Crippen LogP contribution in [0.2, 0.25) is 0 Å². The van der Waals surface area contributed by atoms with Crippen molar-refractivity contribution < 1.29 is 22.7 Å². The number of ether oxygens (including phenoxy) is 1. The Bertz CT molecular complexity index is 1020. The summed E-state index contributed by atoms with van der Waals surface area (Å²) in [4.78, 5) is 20.9. The van der Waals surface area contributed by atoms with Gasteiger partial charge >= 0.3 is 5.97 Å². The molecule has 0 unspecified atom stereocenters. The van der Waals surface area contributed by atoms with Gasteiger partial charge in [0.05, 0.1) is 5.56 Å². The molecule has 0 saturated carbocycles. The Kier molecular flexibility index (Phi) is 8.36. The lowest BCUT2D eigenvalue weighted by Crippen LogP contribution is -2.10. The molecule has 0 bridgehead atoms. The molecule has 0 amide bonds. The number of unbranched alkanes of at least 4 members (excludes halogenated alkanes) is 5. The maximum atomic E-state index is 13.3. The zero-order valence-electron chi connectivity index (χ0n) is 17.9. The van der Waals surface area contributed by atoms with E-state index in [0.717, 1.165) is 24.0 Å². The van der Waals surface area contributed by atoms with E-state index in [1.165, 1.54) is 44.2 Å². The standard InChI is InChI=1S/C25H25F3N2O2/c1-2-3-4-5-6-7-8-17-15-29-24(30-16-17)18-9-11-20(12-10-18)32-25(31)19-13-21(26)23(28)22(27)14-19/h9-16H,2-8H2,1H3. The van der Waals surface area contributed by atoms with Crippen LogP contribution in [0.4, 0.5) is 13.2 Å². The first-order valence-corrected chi connectivity index (χ1v) is 10.8. The van der Waals surface area contributed by atoms with Gasteiger partial charge < -0.3 is 4.74 Å². The highest BCUT2D eigenvalue weighted by molar-refractivity contribution is 5.91. The fraction of sp³-hybridized carbons (Fsp3) is 0.320. The molecule has 3 rings (SSSR count). The van der Waals surface area contributed by atoms with Gasteiger partial charge in [0.15, 0.2) is 23.3 Å². The maximum absolute atomic E-state index is 13.3. The summed E-state index contributed by atoms with van der Waals surface area (Å²) in [6, 6.07) is 7.59. The first kappa shape index (κ1) is 23.4. The van der Waals surface area contributed by atoms with Crippen molar-refractivity contribution in [2.24, 2.45) is 0 Å². The average molecular weight is 442 g/mol. The molecule has 168 valence electrons. The molecule has 0 atom stereocenters. The van der Waals surface area contributed by atoms with Crippen LogP contribution in [-0.4, -0.2) is 15.9 Å². The van der Waals surface area contributed by atoms with Crippen molar-refractivity contribution in [3.8, 4) is 17.1 Å². The molecular weight excluding hydrogens is 417 g/mol. The minimum Gasteiger partial charge on any atom is -0.423 e. The normalized spacial score (nSPS) is 10.9. The Hall–Kier alpha value is -3.22. The van der Waals surface area contributed by atoms with E-state index >= 15 is 0 Å². The van der Waals surface area contributed by atoms with Crippen LogP contribution < -0.4 is 4.74 Å². The fourth-order valence-corrected chi connectivity index (χ4v) is 3.25. The summed E-state index contributed by atoms with van der Waals surface area (Å²) in [6.45, 7) is 2.21. The molecule has 7 heteroatoms. The fourth-order valence-electron chi connectivity index (χ4n) is 3.25. The highest BCUT2D eigenvalue weighted by Gasteiger charge is 2.16. The second-order valence-corrected chi connectivity index (χ2v) is 7.60.